The molecule has 0 bridgehead atoms. The van der Waals surface area contributed by atoms with E-state index in [9.17, 15) is 4.79 Å². The zero-order valence-electron chi connectivity index (χ0n) is 14.0. The average molecular weight is 317 g/mol. The number of rotatable bonds is 5. The highest BCUT2D eigenvalue weighted by Crippen LogP contribution is 2.21. The SMILES string of the molecule is CN(CC1CCN(Cc2ccccn2)CC1)C(=O)C1CCOC1. The predicted molar refractivity (Wildman–Crippen MR) is 88.8 cm³/mol. The van der Waals surface area contributed by atoms with Crippen molar-refractivity contribution < 1.29 is 9.53 Å². The van der Waals surface area contributed by atoms with Crippen LogP contribution in [0.5, 0.6) is 0 Å². The lowest BCUT2D eigenvalue weighted by Crippen LogP contribution is -2.41. The third kappa shape index (κ3) is 4.52. The van der Waals surface area contributed by atoms with E-state index in [-0.39, 0.29) is 11.8 Å². The standard InChI is InChI=1S/C18H27N3O2/c1-20(18(22)16-7-11-23-14-16)12-15-5-9-21(10-6-15)13-17-4-2-3-8-19-17/h2-4,8,15-16H,5-7,9-14H2,1H3. The van der Waals surface area contributed by atoms with E-state index in [1.807, 2.05) is 30.3 Å². The number of aromatic nitrogens is 1. The van der Waals surface area contributed by atoms with Crippen LogP contribution in [-0.4, -0.2) is 60.6 Å². The van der Waals surface area contributed by atoms with Gasteiger partial charge >= 0.3 is 0 Å². The van der Waals surface area contributed by atoms with E-state index in [0.29, 0.717) is 12.5 Å². The molecule has 5 heteroatoms. The molecule has 2 fully saturated rings. The first kappa shape index (κ1) is 16.4. The van der Waals surface area contributed by atoms with Gasteiger partial charge in [0, 0.05) is 32.9 Å². The normalized spacial score (nSPS) is 23.1. The highest BCUT2D eigenvalue weighted by Gasteiger charge is 2.28. The summed E-state index contributed by atoms with van der Waals surface area (Å²) >= 11 is 0. The Labute approximate surface area is 138 Å². The van der Waals surface area contributed by atoms with Gasteiger partial charge in [0.25, 0.3) is 0 Å². The minimum Gasteiger partial charge on any atom is -0.381 e. The number of carbonyl (C=O) groups excluding carboxylic acids is 1. The molecule has 0 N–H and O–H groups in total. The largest absolute Gasteiger partial charge is 0.381 e. The number of carbonyl (C=O) groups is 1. The molecule has 1 aromatic heterocycles. The van der Waals surface area contributed by atoms with Crippen LogP contribution in [0.4, 0.5) is 0 Å². The molecule has 2 aliphatic rings. The third-order valence-corrected chi connectivity index (χ3v) is 5.01. The van der Waals surface area contributed by atoms with E-state index in [1.165, 1.54) is 0 Å². The molecule has 3 heterocycles. The maximum atomic E-state index is 12.4. The van der Waals surface area contributed by atoms with Crippen LogP contribution >= 0.6 is 0 Å². The second kappa shape index (κ2) is 7.88. The summed E-state index contributed by atoms with van der Waals surface area (Å²) in [4.78, 5) is 21.1. The average Bonchev–Trinajstić information content (AvgIpc) is 3.11. The molecule has 1 unspecified atom stereocenters. The molecule has 3 rings (SSSR count). The molecule has 2 aliphatic heterocycles. The van der Waals surface area contributed by atoms with Crippen molar-refractivity contribution >= 4 is 5.91 Å². The van der Waals surface area contributed by atoms with Crippen LogP contribution in [-0.2, 0) is 16.1 Å². The Hall–Kier alpha value is -1.46. The van der Waals surface area contributed by atoms with Crippen LogP contribution in [0.25, 0.3) is 0 Å². The van der Waals surface area contributed by atoms with Gasteiger partial charge in [0.2, 0.25) is 5.91 Å². The number of hydrogen-bond donors (Lipinski definition) is 0. The van der Waals surface area contributed by atoms with Gasteiger partial charge in [-0.2, -0.15) is 0 Å². The first-order valence-corrected chi connectivity index (χ1v) is 8.67. The lowest BCUT2D eigenvalue weighted by molar-refractivity contribution is -0.134. The fourth-order valence-electron chi connectivity index (χ4n) is 3.57. The molecule has 1 aromatic rings. The number of ether oxygens (including phenoxy) is 1. The Kier molecular flexibility index (Phi) is 5.62. The van der Waals surface area contributed by atoms with Crippen LogP contribution in [0.15, 0.2) is 24.4 Å². The quantitative estimate of drug-likeness (QED) is 0.830. The molecular formula is C18H27N3O2. The number of nitrogens with zero attached hydrogens (tertiary/aromatic N) is 3. The fourth-order valence-corrected chi connectivity index (χ4v) is 3.57. The van der Waals surface area contributed by atoms with Crippen molar-refractivity contribution in [1.29, 1.82) is 0 Å². The lowest BCUT2D eigenvalue weighted by atomic mass is 9.95. The Morgan fingerprint density at radius 2 is 2.17 bits per heavy atom. The van der Waals surface area contributed by atoms with Gasteiger partial charge in [0.1, 0.15) is 0 Å². The summed E-state index contributed by atoms with van der Waals surface area (Å²) in [5.41, 5.74) is 1.14. The van der Waals surface area contributed by atoms with Crippen molar-refractivity contribution in [1.82, 2.24) is 14.8 Å². The molecule has 0 aliphatic carbocycles. The van der Waals surface area contributed by atoms with Gasteiger partial charge in [-0.25, -0.2) is 0 Å². The molecule has 1 amide bonds. The lowest BCUT2D eigenvalue weighted by Gasteiger charge is -2.34. The van der Waals surface area contributed by atoms with E-state index in [0.717, 1.165) is 57.7 Å². The molecule has 1 atom stereocenters. The van der Waals surface area contributed by atoms with Gasteiger partial charge < -0.3 is 9.64 Å². The summed E-state index contributed by atoms with van der Waals surface area (Å²) in [6.45, 7) is 5.34. The Bertz CT molecular complexity index is 494. The Morgan fingerprint density at radius 1 is 1.35 bits per heavy atom. The molecule has 23 heavy (non-hydrogen) atoms. The van der Waals surface area contributed by atoms with Gasteiger partial charge in [-0.05, 0) is 50.4 Å². The minimum absolute atomic E-state index is 0.0873. The molecule has 5 nitrogen and oxygen atoms in total. The Balaban J connectivity index is 1.41. The summed E-state index contributed by atoms with van der Waals surface area (Å²) in [5, 5.41) is 0. The maximum Gasteiger partial charge on any atom is 0.227 e. The molecule has 0 saturated carbocycles. The second-order valence-electron chi connectivity index (χ2n) is 6.82. The van der Waals surface area contributed by atoms with Crippen molar-refractivity contribution in [3.05, 3.63) is 30.1 Å². The molecule has 0 aromatic carbocycles. The summed E-state index contributed by atoms with van der Waals surface area (Å²) in [6.07, 6.45) is 5.05. The van der Waals surface area contributed by atoms with Crippen molar-refractivity contribution in [2.75, 3.05) is 39.9 Å². The summed E-state index contributed by atoms with van der Waals surface area (Å²) < 4.78 is 5.33. The van der Waals surface area contributed by atoms with E-state index in [4.69, 9.17) is 4.74 Å². The number of piperidine rings is 1. The first-order chi connectivity index (χ1) is 11.2. The van der Waals surface area contributed by atoms with E-state index in [2.05, 4.69) is 16.0 Å². The fraction of sp³-hybridized carbons (Fsp3) is 0.667. The highest BCUT2D eigenvalue weighted by atomic mass is 16.5. The van der Waals surface area contributed by atoms with E-state index >= 15 is 0 Å². The molecule has 0 radical (unpaired) electrons. The van der Waals surface area contributed by atoms with Crippen molar-refractivity contribution in [2.45, 2.75) is 25.8 Å². The topological polar surface area (TPSA) is 45.7 Å². The third-order valence-electron chi connectivity index (χ3n) is 5.01. The summed E-state index contributed by atoms with van der Waals surface area (Å²) in [7, 11) is 1.95. The van der Waals surface area contributed by atoms with Gasteiger partial charge in [0.05, 0.1) is 18.2 Å². The molecule has 2 saturated heterocycles. The summed E-state index contributed by atoms with van der Waals surface area (Å²) in [6, 6.07) is 6.09. The van der Waals surface area contributed by atoms with Crippen molar-refractivity contribution in [3.8, 4) is 0 Å². The second-order valence-corrected chi connectivity index (χ2v) is 6.82. The number of amides is 1. The smallest absolute Gasteiger partial charge is 0.227 e. The van der Waals surface area contributed by atoms with Crippen LogP contribution < -0.4 is 0 Å². The molecule has 126 valence electrons. The summed E-state index contributed by atoms with van der Waals surface area (Å²) in [5.74, 6) is 0.967. The van der Waals surface area contributed by atoms with Gasteiger partial charge in [-0.1, -0.05) is 6.07 Å². The van der Waals surface area contributed by atoms with E-state index in [1.54, 1.807) is 0 Å². The van der Waals surface area contributed by atoms with Crippen LogP contribution in [0.3, 0.4) is 0 Å². The maximum absolute atomic E-state index is 12.4. The molecule has 0 spiro atoms. The zero-order valence-corrected chi connectivity index (χ0v) is 14.0. The van der Waals surface area contributed by atoms with Crippen LogP contribution in [0, 0.1) is 11.8 Å². The highest BCUT2D eigenvalue weighted by molar-refractivity contribution is 5.78. The van der Waals surface area contributed by atoms with E-state index < -0.39 is 0 Å². The number of hydrogen-bond acceptors (Lipinski definition) is 4. The van der Waals surface area contributed by atoms with Crippen LogP contribution in [0.1, 0.15) is 25.0 Å². The predicted octanol–water partition coefficient (Wildman–Crippen LogP) is 1.79. The van der Waals surface area contributed by atoms with Crippen molar-refractivity contribution in [2.24, 2.45) is 11.8 Å². The first-order valence-electron chi connectivity index (χ1n) is 8.67. The zero-order chi connectivity index (χ0) is 16.1. The van der Waals surface area contributed by atoms with Gasteiger partial charge in [-0.15, -0.1) is 0 Å². The minimum atomic E-state index is 0.0873. The number of likely N-dealkylation sites (tertiary alicyclic amines) is 1. The van der Waals surface area contributed by atoms with Crippen LogP contribution in [0.2, 0.25) is 0 Å². The van der Waals surface area contributed by atoms with Crippen molar-refractivity contribution in [3.63, 3.8) is 0 Å². The molecular weight excluding hydrogens is 290 g/mol. The number of pyridine rings is 1. The van der Waals surface area contributed by atoms with Gasteiger partial charge in [-0.3, -0.25) is 14.7 Å². The van der Waals surface area contributed by atoms with Gasteiger partial charge in [0.15, 0.2) is 0 Å². The Morgan fingerprint density at radius 3 is 2.83 bits per heavy atom. The monoisotopic (exact) mass is 317 g/mol.